The Balaban J connectivity index is 1.91. The SMILES string of the molecule is O=C(O)[C@@H]1COCCN1C(=O)C[C@H]1CCCCO1. The summed E-state index contributed by atoms with van der Waals surface area (Å²) in [5, 5.41) is 9.06. The van der Waals surface area contributed by atoms with Crippen molar-refractivity contribution in [2.45, 2.75) is 37.8 Å². The first-order chi connectivity index (χ1) is 8.68. The number of amides is 1. The molecule has 6 heteroatoms. The van der Waals surface area contributed by atoms with Gasteiger partial charge in [0.25, 0.3) is 0 Å². The minimum atomic E-state index is -1.01. The van der Waals surface area contributed by atoms with E-state index in [2.05, 4.69) is 0 Å². The zero-order chi connectivity index (χ0) is 13.0. The van der Waals surface area contributed by atoms with Crippen LogP contribution in [0.4, 0.5) is 0 Å². The minimum Gasteiger partial charge on any atom is -0.480 e. The number of carboxylic acid groups (broad SMARTS) is 1. The molecule has 1 N–H and O–H groups in total. The number of ether oxygens (including phenoxy) is 2. The number of carbonyl (C=O) groups is 2. The Kier molecular flexibility index (Phi) is 4.54. The zero-order valence-corrected chi connectivity index (χ0v) is 10.3. The van der Waals surface area contributed by atoms with Crippen LogP contribution in [0.1, 0.15) is 25.7 Å². The molecule has 0 aliphatic carbocycles. The van der Waals surface area contributed by atoms with Gasteiger partial charge in [-0.3, -0.25) is 4.79 Å². The standard InChI is InChI=1S/C12H19NO5/c14-11(7-9-3-1-2-5-18-9)13-4-6-17-8-10(13)12(15)16/h9-10H,1-8H2,(H,15,16)/t9-,10+/m1/s1. The van der Waals surface area contributed by atoms with Crippen LogP contribution in [0.15, 0.2) is 0 Å². The van der Waals surface area contributed by atoms with Crippen LogP contribution in [0.25, 0.3) is 0 Å². The molecule has 2 rings (SSSR count). The summed E-state index contributed by atoms with van der Waals surface area (Å²) in [7, 11) is 0. The first-order valence-electron chi connectivity index (χ1n) is 6.40. The van der Waals surface area contributed by atoms with Gasteiger partial charge in [0.15, 0.2) is 6.04 Å². The molecular weight excluding hydrogens is 238 g/mol. The molecule has 0 bridgehead atoms. The maximum atomic E-state index is 12.1. The van der Waals surface area contributed by atoms with Crippen molar-refractivity contribution >= 4 is 11.9 Å². The van der Waals surface area contributed by atoms with E-state index in [1.807, 2.05) is 0 Å². The third-order valence-electron chi connectivity index (χ3n) is 3.41. The van der Waals surface area contributed by atoms with Crippen molar-refractivity contribution in [3.63, 3.8) is 0 Å². The lowest BCUT2D eigenvalue weighted by Gasteiger charge is -2.34. The molecular formula is C12H19NO5. The number of carboxylic acids is 1. The van der Waals surface area contributed by atoms with E-state index in [0.29, 0.717) is 19.8 Å². The summed E-state index contributed by atoms with van der Waals surface area (Å²) >= 11 is 0. The van der Waals surface area contributed by atoms with Crippen molar-refractivity contribution in [1.29, 1.82) is 0 Å². The largest absolute Gasteiger partial charge is 0.480 e. The van der Waals surface area contributed by atoms with Crippen molar-refractivity contribution in [3.8, 4) is 0 Å². The molecule has 0 aromatic rings. The molecule has 0 saturated carbocycles. The number of morpholine rings is 1. The second-order valence-electron chi connectivity index (χ2n) is 4.71. The number of nitrogens with zero attached hydrogens (tertiary/aromatic N) is 1. The van der Waals surface area contributed by atoms with Gasteiger partial charge in [0, 0.05) is 13.2 Å². The summed E-state index contributed by atoms with van der Waals surface area (Å²) in [6.07, 6.45) is 3.23. The molecule has 2 saturated heterocycles. The predicted molar refractivity (Wildman–Crippen MR) is 62.2 cm³/mol. The van der Waals surface area contributed by atoms with E-state index in [4.69, 9.17) is 14.6 Å². The fourth-order valence-electron chi connectivity index (χ4n) is 2.39. The van der Waals surface area contributed by atoms with Crippen LogP contribution in [-0.4, -0.2) is 60.4 Å². The second kappa shape index (κ2) is 6.15. The Morgan fingerprint density at radius 2 is 2.11 bits per heavy atom. The van der Waals surface area contributed by atoms with Crippen molar-refractivity contribution in [2.24, 2.45) is 0 Å². The molecule has 102 valence electrons. The molecule has 0 radical (unpaired) electrons. The maximum Gasteiger partial charge on any atom is 0.328 e. The van der Waals surface area contributed by atoms with Crippen molar-refractivity contribution in [2.75, 3.05) is 26.4 Å². The van der Waals surface area contributed by atoms with Crippen LogP contribution in [0.3, 0.4) is 0 Å². The van der Waals surface area contributed by atoms with Crippen molar-refractivity contribution < 1.29 is 24.2 Å². The lowest BCUT2D eigenvalue weighted by Crippen LogP contribution is -2.53. The van der Waals surface area contributed by atoms with Gasteiger partial charge in [-0.15, -0.1) is 0 Å². The lowest BCUT2D eigenvalue weighted by atomic mass is 10.0. The van der Waals surface area contributed by atoms with E-state index in [1.54, 1.807) is 0 Å². The maximum absolute atomic E-state index is 12.1. The zero-order valence-electron chi connectivity index (χ0n) is 10.3. The molecule has 2 aliphatic rings. The van der Waals surface area contributed by atoms with Crippen molar-refractivity contribution in [1.82, 2.24) is 4.90 Å². The number of carbonyl (C=O) groups excluding carboxylic acids is 1. The van der Waals surface area contributed by atoms with E-state index >= 15 is 0 Å². The molecule has 0 unspecified atom stereocenters. The molecule has 2 atom stereocenters. The summed E-state index contributed by atoms with van der Waals surface area (Å²) in [6.45, 7) is 1.53. The molecule has 1 amide bonds. The number of hydrogen-bond donors (Lipinski definition) is 1. The Morgan fingerprint density at radius 3 is 2.78 bits per heavy atom. The molecule has 0 aromatic heterocycles. The van der Waals surface area contributed by atoms with Gasteiger partial charge in [0.2, 0.25) is 5.91 Å². The Morgan fingerprint density at radius 1 is 1.28 bits per heavy atom. The van der Waals surface area contributed by atoms with Crippen LogP contribution in [-0.2, 0) is 19.1 Å². The molecule has 0 aromatic carbocycles. The van der Waals surface area contributed by atoms with Crippen LogP contribution in [0, 0.1) is 0 Å². The van der Waals surface area contributed by atoms with Gasteiger partial charge >= 0.3 is 5.97 Å². The molecule has 6 nitrogen and oxygen atoms in total. The van der Waals surface area contributed by atoms with Gasteiger partial charge in [-0.1, -0.05) is 0 Å². The number of aliphatic carboxylic acids is 1. The van der Waals surface area contributed by atoms with Gasteiger partial charge in [0.1, 0.15) is 0 Å². The summed E-state index contributed by atoms with van der Waals surface area (Å²) in [4.78, 5) is 24.6. The highest BCUT2D eigenvalue weighted by Gasteiger charge is 2.33. The smallest absolute Gasteiger partial charge is 0.328 e. The topological polar surface area (TPSA) is 76.1 Å². The predicted octanol–water partition coefficient (Wildman–Crippen LogP) is 0.258. The van der Waals surface area contributed by atoms with Crippen molar-refractivity contribution in [3.05, 3.63) is 0 Å². The van der Waals surface area contributed by atoms with Crippen LogP contribution in [0.5, 0.6) is 0 Å². The molecule has 2 aliphatic heterocycles. The minimum absolute atomic E-state index is 0.0523. The number of hydrogen-bond acceptors (Lipinski definition) is 4. The van der Waals surface area contributed by atoms with Gasteiger partial charge in [-0.25, -0.2) is 4.79 Å². The summed E-state index contributed by atoms with van der Waals surface area (Å²) in [5.41, 5.74) is 0. The van der Waals surface area contributed by atoms with Gasteiger partial charge in [-0.2, -0.15) is 0 Å². The highest BCUT2D eigenvalue weighted by atomic mass is 16.5. The average molecular weight is 257 g/mol. The number of rotatable bonds is 3. The highest BCUT2D eigenvalue weighted by Crippen LogP contribution is 2.18. The van der Waals surface area contributed by atoms with Crippen LogP contribution >= 0.6 is 0 Å². The second-order valence-corrected chi connectivity index (χ2v) is 4.71. The Hall–Kier alpha value is -1.14. The fourth-order valence-corrected chi connectivity index (χ4v) is 2.39. The molecule has 0 spiro atoms. The van der Waals surface area contributed by atoms with Gasteiger partial charge in [-0.05, 0) is 19.3 Å². The fraction of sp³-hybridized carbons (Fsp3) is 0.833. The normalized spacial score (nSPS) is 29.0. The molecule has 18 heavy (non-hydrogen) atoms. The molecule has 2 heterocycles. The first kappa shape index (κ1) is 13.3. The summed E-state index contributed by atoms with van der Waals surface area (Å²) in [6, 6.07) is -0.852. The van der Waals surface area contributed by atoms with E-state index < -0.39 is 12.0 Å². The van der Waals surface area contributed by atoms with Crippen LogP contribution < -0.4 is 0 Å². The average Bonchev–Trinajstić information content (AvgIpc) is 2.40. The van der Waals surface area contributed by atoms with E-state index in [-0.39, 0.29) is 25.0 Å². The van der Waals surface area contributed by atoms with E-state index in [9.17, 15) is 9.59 Å². The third kappa shape index (κ3) is 3.20. The summed E-state index contributed by atoms with van der Waals surface area (Å²) < 4.78 is 10.6. The Labute approximate surface area is 106 Å². The van der Waals surface area contributed by atoms with E-state index in [1.165, 1.54) is 4.90 Å². The first-order valence-corrected chi connectivity index (χ1v) is 6.40. The molecule has 2 fully saturated rings. The van der Waals surface area contributed by atoms with Gasteiger partial charge < -0.3 is 19.5 Å². The summed E-state index contributed by atoms with van der Waals surface area (Å²) in [5.74, 6) is -1.15. The van der Waals surface area contributed by atoms with E-state index in [0.717, 1.165) is 19.3 Å². The van der Waals surface area contributed by atoms with Gasteiger partial charge in [0.05, 0.1) is 25.7 Å². The third-order valence-corrected chi connectivity index (χ3v) is 3.41. The monoisotopic (exact) mass is 257 g/mol. The quantitative estimate of drug-likeness (QED) is 0.784. The lowest BCUT2D eigenvalue weighted by molar-refractivity contribution is -0.159. The highest BCUT2D eigenvalue weighted by molar-refractivity contribution is 5.84. The Bertz CT molecular complexity index is 314. The van der Waals surface area contributed by atoms with Crippen LogP contribution in [0.2, 0.25) is 0 Å².